The van der Waals surface area contributed by atoms with E-state index < -0.39 is 6.10 Å². The molecule has 1 N–H and O–H groups in total. The Bertz CT molecular complexity index is 444. The van der Waals surface area contributed by atoms with Gasteiger partial charge in [0.2, 0.25) is 0 Å². The summed E-state index contributed by atoms with van der Waals surface area (Å²) < 4.78 is 7.10. The SMILES string of the molecule is CCC1OCC(n2ccc(C)nc2=O)CC1O. The third kappa shape index (κ3) is 2.56. The van der Waals surface area contributed by atoms with Gasteiger partial charge in [-0.25, -0.2) is 4.79 Å². The molecule has 3 atom stereocenters. The van der Waals surface area contributed by atoms with Crippen LogP contribution in [0.4, 0.5) is 0 Å². The monoisotopic (exact) mass is 238 g/mol. The summed E-state index contributed by atoms with van der Waals surface area (Å²) in [4.78, 5) is 15.6. The first-order valence-corrected chi connectivity index (χ1v) is 5.97. The minimum atomic E-state index is -0.507. The van der Waals surface area contributed by atoms with Crippen LogP contribution in [-0.4, -0.2) is 33.5 Å². The van der Waals surface area contributed by atoms with Gasteiger partial charge in [0, 0.05) is 11.9 Å². The molecule has 0 aromatic carbocycles. The molecule has 94 valence electrons. The van der Waals surface area contributed by atoms with Gasteiger partial charge in [-0.15, -0.1) is 0 Å². The molecule has 0 radical (unpaired) electrons. The van der Waals surface area contributed by atoms with Crippen LogP contribution in [-0.2, 0) is 4.74 Å². The first kappa shape index (κ1) is 12.3. The fourth-order valence-corrected chi connectivity index (χ4v) is 2.20. The van der Waals surface area contributed by atoms with Gasteiger partial charge in [0.05, 0.1) is 24.9 Å². The summed E-state index contributed by atoms with van der Waals surface area (Å²) in [6, 6.07) is 1.67. The van der Waals surface area contributed by atoms with Gasteiger partial charge in [0.15, 0.2) is 0 Å². The molecular formula is C12H18N2O3. The highest BCUT2D eigenvalue weighted by Crippen LogP contribution is 2.24. The maximum atomic E-state index is 11.7. The summed E-state index contributed by atoms with van der Waals surface area (Å²) in [7, 11) is 0. The molecule has 1 aromatic rings. The van der Waals surface area contributed by atoms with Gasteiger partial charge >= 0.3 is 5.69 Å². The number of aryl methyl sites for hydroxylation is 1. The predicted molar refractivity (Wildman–Crippen MR) is 62.9 cm³/mol. The molecule has 1 aliphatic heterocycles. The Kier molecular flexibility index (Phi) is 3.59. The number of rotatable bonds is 2. The van der Waals surface area contributed by atoms with Crippen molar-refractivity contribution in [1.29, 1.82) is 0 Å². The molecule has 1 saturated heterocycles. The van der Waals surface area contributed by atoms with Gasteiger partial charge in [-0.3, -0.25) is 4.57 Å². The third-order valence-electron chi connectivity index (χ3n) is 3.21. The van der Waals surface area contributed by atoms with E-state index in [0.717, 1.165) is 6.42 Å². The zero-order valence-corrected chi connectivity index (χ0v) is 10.2. The fourth-order valence-electron chi connectivity index (χ4n) is 2.20. The minimum absolute atomic E-state index is 0.111. The predicted octanol–water partition coefficient (Wildman–Crippen LogP) is 0.653. The van der Waals surface area contributed by atoms with Gasteiger partial charge in [0.1, 0.15) is 0 Å². The summed E-state index contributed by atoms with van der Waals surface area (Å²) in [6.45, 7) is 4.22. The molecule has 5 heteroatoms. The van der Waals surface area contributed by atoms with E-state index in [-0.39, 0.29) is 17.8 Å². The van der Waals surface area contributed by atoms with Gasteiger partial charge in [-0.05, 0) is 25.8 Å². The molecule has 1 fully saturated rings. The van der Waals surface area contributed by atoms with Crippen LogP contribution in [0.25, 0.3) is 0 Å². The van der Waals surface area contributed by atoms with Crippen molar-refractivity contribution in [2.45, 2.75) is 44.9 Å². The van der Waals surface area contributed by atoms with Gasteiger partial charge in [0.25, 0.3) is 0 Å². The second kappa shape index (κ2) is 4.98. The van der Waals surface area contributed by atoms with Crippen molar-refractivity contribution in [1.82, 2.24) is 9.55 Å². The Labute approximate surface area is 100 Å². The average molecular weight is 238 g/mol. The molecular weight excluding hydrogens is 220 g/mol. The first-order valence-electron chi connectivity index (χ1n) is 5.97. The molecule has 0 amide bonds. The zero-order valence-electron chi connectivity index (χ0n) is 10.2. The molecule has 0 saturated carbocycles. The lowest BCUT2D eigenvalue weighted by Crippen LogP contribution is -2.42. The fraction of sp³-hybridized carbons (Fsp3) is 0.667. The third-order valence-corrected chi connectivity index (χ3v) is 3.21. The molecule has 1 aliphatic rings. The van der Waals surface area contributed by atoms with Crippen molar-refractivity contribution in [3.8, 4) is 0 Å². The van der Waals surface area contributed by atoms with Crippen molar-refractivity contribution >= 4 is 0 Å². The van der Waals surface area contributed by atoms with E-state index in [1.807, 2.05) is 6.92 Å². The number of ether oxygens (including phenoxy) is 1. The molecule has 2 heterocycles. The largest absolute Gasteiger partial charge is 0.390 e. The van der Waals surface area contributed by atoms with Crippen LogP contribution in [0.2, 0.25) is 0 Å². The van der Waals surface area contributed by atoms with Crippen molar-refractivity contribution in [3.05, 3.63) is 28.4 Å². The van der Waals surface area contributed by atoms with E-state index in [0.29, 0.717) is 18.7 Å². The lowest BCUT2D eigenvalue weighted by molar-refractivity contribution is -0.0957. The van der Waals surface area contributed by atoms with Crippen LogP contribution >= 0.6 is 0 Å². The number of hydrogen-bond donors (Lipinski definition) is 1. The molecule has 0 aliphatic carbocycles. The maximum Gasteiger partial charge on any atom is 0.348 e. The van der Waals surface area contributed by atoms with Crippen molar-refractivity contribution in [2.75, 3.05) is 6.61 Å². The van der Waals surface area contributed by atoms with E-state index in [1.165, 1.54) is 0 Å². The molecule has 1 aromatic heterocycles. The van der Waals surface area contributed by atoms with Gasteiger partial charge in [-0.2, -0.15) is 4.98 Å². The smallest absolute Gasteiger partial charge is 0.348 e. The normalized spacial score (nSPS) is 29.2. The van der Waals surface area contributed by atoms with Crippen LogP contribution in [0.1, 0.15) is 31.5 Å². The highest BCUT2D eigenvalue weighted by atomic mass is 16.5. The van der Waals surface area contributed by atoms with Crippen LogP contribution in [0.3, 0.4) is 0 Å². The second-order valence-corrected chi connectivity index (χ2v) is 4.50. The van der Waals surface area contributed by atoms with Crippen molar-refractivity contribution in [3.63, 3.8) is 0 Å². The maximum absolute atomic E-state index is 11.7. The topological polar surface area (TPSA) is 64.4 Å². The van der Waals surface area contributed by atoms with Gasteiger partial charge in [-0.1, -0.05) is 6.92 Å². The van der Waals surface area contributed by atoms with E-state index in [9.17, 15) is 9.90 Å². The number of nitrogens with zero attached hydrogens (tertiary/aromatic N) is 2. The lowest BCUT2D eigenvalue weighted by Gasteiger charge is -2.33. The highest BCUT2D eigenvalue weighted by Gasteiger charge is 2.30. The number of hydrogen-bond acceptors (Lipinski definition) is 4. The molecule has 5 nitrogen and oxygen atoms in total. The summed E-state index contributed by atoms with van der Waals surface area (Å²) in [5.41, 5.74) is 0.427. The zero-order chi connectivity index (χ0) is 12.4. The summed E-state index contributed by atoms with van der Waals surface area (Å²) >= 11 is 0. The average Bonchev–Trinajstić information content (AvgIpc) is 2.29. The summed E-state index contributed by atoms with van der Waals surface area (Å²) in [6.07, 6.45) is 2.43. The Balaban J connectivity index is 2.16. The molecule has 17 heavy (non-hydrogen) atoms. The summed E-state index contributed by atoms with van der Waals surface area (Å²) in [5.74, 6) is 0. The van der Waals surface area contributed by atoms with Crippen molar-refractivity contribution in [2.24, 2.45) is 0 Å². The number of aromatic nitrogens is 2. The number of aliphatic hydroxyl groups is 1. The minimum Gasteiger partial charge on any atom is -0.390 e. The standard InChI is InChI=1S/C12H18N2O3/c1-3-11-10(15)6-9(7-17-11)14-5-4-8(2)13-12(14)16/h4-5,9-11,15H,3,6-7H2,1-2H3. The van der Waals surface area contributed by atoms with Crippen molar-refractivity contribution < 1.29 is 9.84 Å². The molecule has 0 spiro atoms. The van der Waals surface area contributed by atoms with E-state index in [4.69, 9.17) is 4.74 Å². The van der Waals surface area contributed by atoms with Crippen LogP contribution in [0, 0.1) is 6.92 Å². The van der Waals surface area contributed by atoms with Gasteiger partial charge < -0.3 is 9.84 Å². The Morgan fingerprint density at radius 2 is 2.41 bits per heavy atom. The van der Waals surface area contributed by atoms with E-state index in [2.05, 4.69) is 4.98 Å². The molecule has 3 unspecified atom stereocenters. The molecule has 2 rings (SSSR count). The Morgan fingerprint density at radius 1 is 1.65 bits per heavy atom. The quantitative estimate of drug-likeness (QED) is 0.821. The van der Waals surface area contributed by atoms with Crippen LogP contribution < -0.4 is 5.69 Å². The van der Waals surface area contributed by atoms with E-state index >= 15 is 0 Å². The first-order chi connectivity index (χ1) is 8.11. The van der Waals surface area contributed by atoms with E-state index in [1.54, 1.807) is 23.8 Å². The summed E-state index contributed by atoms with van der Waals surface area (Å²) in [5, 5.41) is 9.89. The van der Waals surface area contributed by atoms with Crippen LogP contribution in [0.15, 0.2) is 17.1 Å². The lowest BCUT2D eigenvalue weighted by atomic mass is 10.00. The highest BCUT2D eigenvalue weighted by molar-refractivity contribution is 4.97. The second-order valence-electron chi connectivity index (χ2n) is 4.50. The molecule has 0 bridgehead atoms. The van der Waals surface area contributed by atoms with Crippen LogP contribution in [0.5, 0.6) is 0 Å². The number of aliphatic hydroxyl groups excluding tert-OH is 1. The Hall–Kier alpha value is -1.20. The Morgan fingerprint density at radius 3 is 3.00 bits per heavy atom.